The van der Waals surface area contributed by atoms with Crippen molar-refractivity contribution in [1.29, 1.82) is 0 Å². The van der Waals surface area contributed by atoms with Gasteiger partial charge in [-0.05, 0) is 44.6 Å². The van der Waals surface area contributed by atoms with Crippen LogP contribution in [0.5, 0.6) is 0 Å². The van der Waals surface area contributed by atoms with E-state index in [2.05, 4.69) is 31.4 Å². The van der Waals surface area contributed by atoms with Gasteiger partial charge in [0.1, 0.15) is 0 Å². The second-order valence-electron chi connectivity index (χ2n) is 6.26. The van der Waals surface area contributed by atoms with Crippen molar-refractivity contribution in [2.75, 3.05) is 6.54 Å². The summed E-state index contributed by atoms with van der Waals surface area (Å²) in [5.41, 5.74) is 0.304. The molecular weight excluding hydrogens is 200 g/mol. The minimum absolute atomic E-state index is 0.000347. The van der Waals surface area contributed by atoms with Crippen LogP contribution in [0.3, 0.4) is 0 Å². The van der Waals surface area contributed by atoms with E-state index in [1.165, 1.54) is 6.42 Å². The van der Waals surface area contributed by atoms with Gasteiger partial charge in [0.15, 0.2) is 0 Å². The minimum atomic E-state index is 0.000347. The first-order chi connectivity index (χ1) is 7.30. The highest BCUT2D eigenvalue weighted by Gasteiger charge is 2.33. The number of carbonyl (C=O) groups excluding carboxylic acids is 1. The first-order valence-electron chi connectivity index (χ1n) is 6.34. The predicted octanol–water partition coefficient (Wildman–Crippen LogP) is 1.93. The molecule has 3 heteroatoms. The lowest BCUT2D eigenvalue weighted by atomic mass is 9.73. The molecule has 0 aromatic carbocycles. The number of hydrogen-bond donors (Lipinski definition) is 2. The third kappa shape index (κ3) is 3.78. The largest absolute Gasteiger partial charge is 0.353 e. The summed E-state index contributed by atoms with van der Waals surface area (Å²) >= 11 is 0. The smallest absolute Gasteiger partial charge is 0.237 e. The Morgan fingerprint density at radius 1 is 1.38 bits per heavy atom. The van der Waals surface area contributed by atoms with Crippen LogP contribution in [-0.2, 0) is 4.79 Å². The van der Waals surface area contributed by atoms with Gasteiger partial charge in [0.05, 0.1) is 6.04 Å². The maximum atomic E-state index is 11.9. The normalized spacial score (nSPS) is 26.9. The lowest BCUT2D eigenvalue weighted by Crippen LogP contribution is -2.51. The van der Waals surface area contributed by atoms with Crippen LogP contribution in [0.4, 0.5) is 0 Å². The number of rotatable bonds is 2. The molecule has 1 saturated heterocycles. The van der Waals surface area contributed by atoms with Crippen LogP contribution in [0.15, 0.2) is 0 Å². The Morgan fingerprint density at radius 2 is 2.00 bits per heavy atom. The molecule has 0 spiro atoms. The molecule has 1 heterocycles. The Balaban J connectivity index is 2.54. The van der Waals surface area contributed by atoms with E-state index in [9.17, 15) is 4.79 Å². The lowest BCUT2D eigenvalue weighted by molar-refractivity contribution is -0.124. The minimum Gasteiger partial charge on any atom is -0.353 e. The van der Waals surface area contributed by atoms with Crippen LogP contribution in [0.1, 0.15) is 47.5 Å². The molecular formula is C13H26N2O. The van der Waals surface area contributed by atoms with Crippen LogP contribution in [0, 0.1) is 11.3 Å². The van der Waals surface area contributed by atoms with E-state index in [0.29, 0.717) is 11.3 Å². The monoisotopic (exact) mass is 226 g/mol. The second-order valence-corrected chi connectivity index (χ2v) is 6.26. The van der Waals surface area contributed by atoms with Crippen molar-refractivity contribution in [3.8, 4) is 0 Å². The van der Waals surface area contributed by atoms with Crippen molar-refractivity contribution in [3.05, 3.63) is 0 Å². The number of carbonyl (C=O) groups is 1. The molecule has 1 aliphatic heterocycles. The zero-order valence-corrected chi connectivity index (χ0v) is 11.3. The zero-order chi connectivity index (χ0) is 12.3. The maximum Gasteiger partial charge on any atom is 0.237 e. The molecule has 1 aliphatic rings. The molecule has 2 unspecified atom stereocenters. The summed E-state index contributed by atoms with van der Waals surface area (Å²) in [5, 5.41) is 6.30. The Kier molecular flexibility index (Phi) is 4.36. The second kappa shape index (κ2) is 5.17. The van der Waals surface area contributed by atoms with Crippen molar-refractivity contribution in [3.63, 3.8) is 0 Å². The van der Waals surface area contributed by atoms with Gasteiger partial charge < -0.3 is 10.6 Å². The predicted molar refractivity (Wildman–Crippen MR) is 67.2 cm³/mol. The van der Waals surface area contributed by atoms with Gasteiger partial charge in [-0.2, -0.15) is 0 Å². The van der Waals surface area contributed by atoms with E-state index >= 15 is 0 Å². The van der Waals surface area contributed by atoms with E-state index in [4.69, 9.17) is 0 Å². The standard InChI is InChI=1S/C13H26N2O/c1-9(2)15-12(16)11-8-10(6-7-14-11)13(3,4)5/h9-11,14H,6-8H2,1-5H3,(H,15,16). The van der Waals surface area contributed by atoms with Gasteiger partial charge in [-0.15, -0.1) is 0 Å². The van der Waals surface area contributed by atoms with Crippen molar-refractivity contribution in [2.45, 2.75) is 59.5 Å². The summed E-state index contributed by atoms with van der Waals surface area (Å²) in [4.78, 5) is 11.9. The van der Waals surface area contributed by atoms with E-state index in [0.717, 1.165) is 13.0 Å². The fraction of sp³-hybridized carbons (Fsp3) is 0.923. The highest BCUT2D eigenvalue weighted by molar-refractivity contribution is 5.82. The van der Waals surface area contributed by atoms with Gasteiger partial charge in [0.2, 0.25) is 5.91 Å². The summed E-state index contributed by atoms with van der Waals surface area (Å²) in [6.07, 6.45) is 2.14. The van der Waals surface area contributed by atoms with E-state index in [1.54, 1.807) is 0 Å². The summed E-state index contributed by atoms with van der Waals surface area (Å²) in [6.45, 7) is 11.8. The maximum absolute atomic E-state index is 11.9. The van der Waals surface area contributed by atoms with E-state index in [-0.39, 0.29) is 18.0 Å². The van der Waals surface area contributed by atoms with Gasteiger partial charge in [0.25, 0.3) is 0 Å². The van der Waals surface area contributed by atoms with E-state index in [1.807, 2.05) is 13.8 Å². The first kappa shape index (κ1) is 13.5. The van der Waals surface area contributed by atoms with Crippen molar-refractivity contribution >= 4 is 5.91 Å². The topological polar surface area (TPSA) is 41.1 Å². The van der Waals surface area contributed by atoms with Crippen molar-refractivity contribution in [2.24, 2.45) is 11.3 Å². The molecule has 3 nitrogen and oxygen atoms in total. The average Bonchev–Trinajstić information content (AvgIpc) is 2.15. The molecule has 1 rings (SSSR count). The third-order valence-electron chi connectivity index (χ3n) is 3.38. The fourth-order valence-corrected chi connectivity index (χ4v) is 2.29. The van der Waals surface area contributed by atoms with Crippen LogP contribution in [0.25, 0.3) is 0 Å². The molecule has 0 radical (unpaired) electrons. The third-order valence-corrected chi connectivity index (χ3v) is 3.38. The van der Waals surface area contributed by atoms with E-state index < -0.39 is 0 Å². The Morgan fingerprint density at radius 3 is 2.50 bits per heavy atom. The molecule has 0 bridgehead atoms. The molecule has 0 saturated carbocycles. The van der Waals surface area contributed by atoms with Gasteiger partial charge in [0, 0.05) is 6.04 Å². The van der Waals surface area contributed by atoms with Crippen LogP contribution >= 0.6 is 0 Å². The molecule has 2 atom stereocenters. The Labute approximate surface area is 99.4 Å². The van der Waals surface area contributed by atoms with Gasteiger partial charge in [-0.25, -0.2) is 0 Å². The van der Waals surface area contributed by atoms with Crippen LogP contribution in [-0.4, -0.2) is 24.5 Å². The highest BCUT2D eigenvalue weighted by Crippen LogP contribution is 2.34. The van der Waals surface area contributed by atoms with Gasteiger partial charge in [-0.1, -0.05) is 20.8 Å². The molecule has 2 N–H and O–H groups in total. The molecule has 1 amide bonds. The quantitative estimate of drug-likeness (QED) is 0.755. The molecule has 0 aromatic heterocycles. The number of nitrogens with one attached hydrogen (secondary N) is 2. The molecule has 1 fully saturated rings. The summed E-state index contributed by atoms with van der Waals surface area (Å²) in [5.74, 6) is 0.792. The number of hydrogen-bond acceptors (Lipinski definition) is 2. The molecule has 94 valence electrons. The molecule has 0 aromatic rings. The van der Waals surface area contributed by atoms with Gasteiger partial charge in [-0.3, -0.25) is 4.79 Å². The lowest BCUT2D eigenvalue weighted by Gasteiger charge is -2.37. The summed E-state index contributed by atoms with van der Waals surface area (Å²) < 4.78 is 0. The first-order valence-corrected chi connectivity index (χ1v) is 6.34. The van der Waals surface area contributed by atoms with Crippen molar-refractivity contribution in [1.82, 2.24) is 10.6 Å². The number of amides is 1. The summed E-state index contributed by atoms with van der Waals surface area (Å²) in [7, 11) is 0. The Bertz CT molecular complexity index is 243. The average molecular weight is 226 g/mol. The van der Waals surface area contributed by atoms with Gasteiger partial charge >= 0.3 is 0 Å². The molecule has 0 aliphatic carbocycles. The SMILES string of the molecule is CC(C)NC(=O)C1CC(C(C)(C)C)CCN1. The Hall–Kier alpha value is -0.570. The van der Waals surface area contributed by atoms with Crippen LogP contribution in [0.2, 0.25) is 0 Å². The zero-order valence-electron chi connectivity index (χ0n) is 11.3. The summed E-state index contributed by atoms with van der Waals surface area (Å²) in [6, 6.07) is 0.227. The molecule has 16 heavy (non-hydrogen) atoms. The fourth-order valence-electron chi connectivity index (χ4n) is 2.29. The number of piperidine rings is 1. The highest BCUT2D eigenvalue weighted by atomic mass is 16.2. The van der Waals surface area contributed by atoms with Crippen molar-refractivity contribution < 1.29 is 4.79 Å². The van der Waals surface area contributed by atoms with Crippen LogP contribution < -0.4 is 10.6 Å².